The molecule has 0 aliphatic rings. The number of benzene rings is 1. The number of aliphatic hydroxyl groups is 1. The van der Waals surface area contributed by atoms with Gasteiger partial charge in [0, 0.05) is 11.0 Å². The summed E-state index contributed by atoms with van der Waals surface area (Å²) in [6.07, 6.45) is -0.483. The van der Waals surface area contributed by atoms with E-state index >= 15 is 0 Å². The highest BCUT2D eigenvalue weighted by molar-refractivity contribution is 9.10. The molecule has 0 saturated carbocycles. The minimum atomic E-state index is -0.483. The van der Waals surface area contributed by atoms with Crippen LogP contribution in [0.5, 0.6) is 0 Å². The second kappa shape index (κ2) is 4.96. The highest BCUT2D eigenvalue weighted by Crippen LogP contribution is 2.31. The molecular weight excluding hydrogens is 272 g/mol. The minimum Gasteiger partial charge on any atom is -0.392 e. The third kappa shape index (κ3) is 3.12. The quantitative estimate of drug-likeness (QED) is 0.893. The van der Waals surface area contributed by atoms with Gasteiger partial charge in [-0.05, 0) is 35.0 Å². The van der Waals surface area contributed by atoms with Crippen LogP contribution in [0.25, 0.3) is 0 Å². The van der Waals surface area contributed by atoms with Crippen LogP contribution in [0.4, 0.5) is 10.1 Å². The third-order valence-electron chi connectivity index (χ3n) is 1.58. The number of nitrogens with one attached hydrogen (secondary N) is 1. The monoisotopic (exact) mass is 281 g/mol. The van der Waals surface area contributed by atoms with E-state index < -0.39 is 11.9 Å². The molecule has 0 radical (unpaired) electrons. The maximum absolute atomic E-state index is 12.8. The molecule has 1 atom stereocenters. The first-order valence-corrected chi connectivity index (χ1v) is 5.24. The van der Waals surface area contributed by atoms with Crippen molar-refractivity contribution in [3.8, 4) is 0 Å². The number of rotatable bonds is 3. The molecule has 0 aliphatic heterocycles. The second-order valence-corrected chi connectivity index (χ2v) is 4.24. The number of hydrogen-bond acceptors (Lipinski definition) is 2. The summed E-state index contributed by atoms with van der Waals surface area (Å²) in [4.78, 5) is 0. The van der Waals surface area contributed by atoms with E-state index in [4.69, 9.17) is 16.7 Å². The molecule has 78 valence electrons. The Labute approximate surface area is 95.2 Å². The lowest BCUT2D eigenvalue weighted by Gasteiger charge is -2.11. The number of halogens is 3. The summed E-state index contributed by atoms with van der Waals surface area (Å²) < 4.78 is 13.4. The topological polar surface area (TPSA) is 32.3 Å². The van der Waals surface area contributed by atoms with Gasteiger partial charge in [0.15, 0.2) is 0 Å². The first-order chi connectivity index (χ1) is 6.50. The van der Waals surface area contributed by atoms with Gasteiger partial charge < -0.3 is 10.4 Å². The number of aliphatic hydroxyl groups excluding tert-OH is 1. The Morgan fingerprint density at radius 3 is 2.79 bits per heavy atom. The van der Waals surface area contributed by atoms with E-state index in [0.717, 1.165) is 0 Å². The maximum Gasteiger partial charge on any atom is 0.125 e. The van der Waals surface area contributed by atoms with Crippen molar-refractivity contribution in [2.24, 2.45) is 0 Å². The summed E-state index contributed by atoms with van der Waals surface area (Å²) in [5.74, 6) is -0.399. The lowest BCUT2D eigenvalue weighted by Crippen LogP contribution is -2.15. The van der Waals surface area contributed by atoms with E-state index in [9.17, 15) is 4.39 Å². The van der Waals surface area contributed by atoms with Gasteiger partial charge in [-0.3, -0.25) is 0 Å². The van der Waals surface area contributed by atoms with Crippen molar-refractivity contribution in [3.63, 3.8) is 0 Å². The number of hydrogen-bond donors (Lipinski definition) is 2. The average molecular weight is 283 g/mol. The van der Waals surface area contributed by atoms with E-state index in [1.165, 1.54) is 12.1 Å². The van der Waals surface area contributed by atoms with Crippen LogP contribution in [0.2, 0.25) is 5.02 Å². The van der Waals surface area contributed by atoms with Crippen LogP contribution in [0.15, 0.2) is 16.6 Å². The van der Waals surface area contributed by atoms with E-state index in [0.29, 0.717) is 16.7 Å². The zero-order valence-corrected chi connectivity index (χ0v) is 9.86. The van der Waals surface area contributed by atoms with Gasteiger partial charge in [0.2, 0.25) is 0 Å². The molecule has 14 heavy (non-hydrogen) atoms. The first-order valence-electron chi connectivity index (χ1n) is 4.07. The van der Waals surface area contributed by atoms with Crippen LogP contribution in [0.3, 0.4) is 0 Å². The minimum absolute atomic E-state index is 0.289. The van der Waals surface area contributed by atoms with Gasteiger partial charge in [0.25, 0.3) is 0 Å². The van der Waals surface area contributed by atoms with Crippen molar-refractivity contribution in [3.05, 3.63) is 27.4 Å². The Morgan fingerprint density at radius 1 is 1.64 bits per heavy atom. The van der Waals surface area contributed by atoms with Gasteiger partial charge in [-0.1, -0.05) is 11.6 Å². The summed E-state index contributed by atoms with van der Waals surface area (Å²) in [7, 11) is 0. The van der Waals surface area contributed by atoms with Gasteiger partial charge in [-0.2, -0.15) is 0 Å². The third-order valence-corrected chi connectivity index (χ3v) is 2.50. The summed E-state index contributed by atoms with van der Waals surface area (Å²) >= 11 is 8.98. The molecule has 0 aliphatic carbocycles. The molecule has 2 N–H and O–H groups in total. The van der Waals surface area contributed by atoms with Crippen LogP contribution in [-0.4, -0.2) is 17.8 Å². The van der Waals surface area contributed by atoms with E-state index in [1.54, 1.807) is 6.92 Å². The van der Waals surface area contributed by atoms with Gasteiger partial charge in [0.05, 0.1) is 16.8 Å². The summed E-state index contributed by atoms with van der Waals surface area (Å²) in [6, 6.07) is 2.53. The largest absolute Gasteiger partial charge is 0.392 e. The van der Waals surface area contributed by atoms with Crippen molar-refractivity contribution < 1.29 is 9.50 Å². The fourth-order valence-corrected chi connectivity index (χ4v) is 1.92. The fraction of sp³-hybridized carbons (Fsp3) is 0.333. The maximum atomic E-state index is 12.8. The van der Waals surface area contributed by atoms with Gasteiger partial charge >= 0.3 is 0 Å². The van der Waals surface area contributed by atoms with E-state index in [2.05, 4.69) is 21.2 Å². The molecule has 2 nitrogen and oxygen atoms in total. The van der Waals surface area contributed by atoms with E-state index in [-0.39, 0.29) is 5.02 Å². The van der Waals surface area contributed by atoms with Crippen molar-refractivity contribution in [2.45, 2.75) is 13.0 Å². The smallest absolute Gasteiger partial charge is 0.125 e. The molecular formula is C9H10BrClFNO. The lowest BCUT2D eigenvalue weighted by molar-refractivity contribution is 0.208. The first kappa shape index (κ1) is 11.8. The normalized spacial score (nSPS) is 12.6. The predicted molar refractivity (Wildman–Crippen MR) is 59.3 cm³/mol. The standard InChI is InChI=1S/C9H10BrClFNO/c1-5(14)4-13-9-7(10)2-6(12)3-8(9)11/h2-3,5,13-14H,4H2,1H3/t5-/m0/s1. The Kier molecular flexibility index (Phi) is 4.16. The van der Waals surface area contributed by atoms with E-state index in [1.807, 2.05) is 0 Å². The molecule has 1 aromatic carbocycles. The Bertz CT molecular complexity index is 310. The van der Waals surface area contributed by atoms with Crippen LogP contribution < -0.4 is 5.32 Å². The Hall–Kier alpha value is -0.320. The molecule has 0 amide bonds. The van der Waals surface area contributed by atoms with Crippen LogP contribution in [-0.2, 0) is 0 Å². The lowest BCUT2D eigenvalue weighted by atomic mass is 10.3. The SMILES string of the molecule is C[C@H](O)CNc1c(Cl)cc(F)cc1Br. The predicted octanol–water partition coefficient (Wildman–Crippen LogP) is 3.03. The molecule has 0 heterocycles. The highest BCUT2D eigenvalue weighted by Gasteiger charge is 2.08. The Morgan fingerprint density at radius 2 is 2.29 bits per heavy atom. The van der Waals surface area contributed by atoms with Crippen LogP contribution >= 0.6 is 27.5 Å². The Balaban J connectivity index is 2.86. The molecule has 5 heteroatoms. The summed E-state index contributed by atoms with van der Waals surface area (Å²) in [5, 5.41) is 12.3. The zero-order valence-electron chi connectivity index (χ0n) is 7.52. The average Bonchev–Trinajstić information content (AvgIpc) is 2.01. The summed E-state index contributed by atoms with van der Waals surface area (Å²) in [6.45, 7) is 2.02. The highest BCUT2D eigenvalue weighted by atomic mass is 79.9. The molecule has 1 aromatic rings. The van der Waals surface area contributed by atoms with Crippen molar-refractivity contribution in [2.75, 3.05) is 11.9 Å². The van der Waals surface area contributed by atoms with Crippen LogP contribution in [0.1, 0.15) is 6.92 Å². The molecule has 0 fully saturated rings. The molecule has 0 spiro atoms. The van der Waals surface area contributed by atoms with Gasteiger partial charge in [-0.25, -0.2) is 4.39 Å². The van der Waals surface area contributed by atoms with Gasteiger partial charge in [0.1, 0.15) is 5.82 Å². The summed E-state index contributed by atoms with van der Waals surface area (Å²) in [5.41, 5.74) is 0.592. The van der Waals surface area contributed by atoms with Crippen LogP contribution in [0, 0.1) is 5.82 Å². The molecule has 0 bridgehead atoms. The molecule has 0 aromatic heterocycles. The zero-order chi connectivity index (χ0) is 10.7. The van der Waals surface area contributed by atoms with Gasteiger partial charge in [-0.15, -0.1) is 0 Å². The molecule has 0 unspecified atom stereocenters. The van der Waals surface area contributed by atoms with Crippen molar-refractivity contribution in [1.29, 1.82) is 0 Å². The molecule has 0 saturated heterocycles. The second-order valence-electron chi connectivity index (χ2n) is 2.97. The molecule has 1 rings (SSSR count). The van der Waals surface area contributed by atoms with Crippen molar-refractivity contribution >= 4 is 33.2 Å². The fourth-order valence-electron chi connectivity index (χ4n) is 0.961. The number of anilines is 1. The van der Waals surface area contributed by atoms with Crippen molar-refractivity contribution in [1.82, 2.24) is 0 Å².